The zero-order chi connectivity index (χ0) is 20.5. The van der Waals surface area contributed by atoms with Gasteiger partial charge in [-0.15, -0.1) is 0 Å². The molecule has 3 aliphatic rings. The Kier molecular flexibility index (Phi) is 5.12. The van der Waals surface area contributed by atoms with Crippen LogP contribution in [0.15, 0.2) is 18.2 Å². The average molecular weight is 401 g/mol. The predicted molar refractivity (Wildman–Crippen MR) is 99.8 cm³/mol. The third-order valence-corrected chi connectivity index (χ3v) is 5.69. The molecule has 1 unspecified atom stereocenters. The molecular formula is C20H23N3O6. The minimum absolute atomic E-state index is 0.216. The number of hydrogen-bond donors (Lipinski definition) is 2. The first kappa shape index (κ1) is 19.2. The molecule has 9 nitrogen and oxygen atoms in total. The highest BCUT2D eigenvalue weighted by Crippen LogP contribution is 2.32. The van der Waals surface area contributed by atoms with Gasteiger partial charge in [-0.2, -0.15) is 0 Å². The molecule has 4 amide bonds. The van der Waals surface area contributed by atoms with Crippen molar-refractivity contribution in [3.05, 3.63) is 29.3 Å². The smallest absolute Gasteiger partial charge is 0.404 e. The Morgan fingerprint density at radius 2 is 1.86 bits per heavy atom. The van der Waals surface area contributed by atoms with Gasteiger partial charge in [-0.1, -0.05) is 0 Å². The zero-order valence-electron chi connectivity index (χ0n) is 15.9. The van der Waals surface area contributed by atoms with E-state index in [4.69, 9.17) is 15.2 Å². The third kappa shape index (κ3) is 3.90. The molecular weight excluding hydrogens is 378 g/mol. The molecule has 1 saturated carbocycles. The second kappa shape index (κ2) is 7.73. The number of carbonyl (C=O) groups excluding carboxylic acids is 4. The summed E-state index contributed by atoms with van der Waals surface area (Å²) in [6.45, 7) is 0.281. The van der Waals surface area contributed by atoms with Crippen molar-refractivity contribution >= 4 is 23.8 Å². The van der Waals surface area contributed by atoms with Gasteiger partial charge in [-0.25, -0.2) is 4.79 Å². The second-order valence-corrected chi connectivity index (χ2v) is 7.64. The van der Waals surface area contributed by atoms with Crippen LogP contribution in [-0.2, 0) is 20.9 Å². The van der Waals surface area contributed by atoms with Crippen LogP contribution in [0.5, 0.6) is 5.75 Å². The van der Waals surface area contributed by atoms with Crippen molar-refractivity contribution in [1.29, 1.82) is 0 Å². The summed E-state index contributed by atoms with van der Waals surface area (Å²) in [5, 5.41) is 2.29. The minimum Gasteiger partial charge on any atom is -0.487 e. The number of benzene rings is 1. The van der Waals surface area contributed by atoms with Gasteiger partial charge in [0.25, 0.3) is 5.91 Å². The van der Waals surface area contributed by atoms with E-state index in [-0.39, 0.29) is 30.9 Å². The predicted octanol–water partition coefficient (Wildman–Crippen LogP) is 1.23. The van der Waals surface area contributed by atoms with Crippen LogP contribution in [0.25, 0.3) is 0 Å². The molecule has 4 rings (SSSR count). The number of ether oxygens (including phenoxy) is 2. The number of fused-ring (bicyclic) bond motifs is 1. The van der Waals surface area contributed by atoms with E-state index in [2.05, 4.69) is 5.32 Å². The van der Waals surface area contributed by atoms with Crippen molar-refractivity contribution in [3.63, 3.8) is 0 Å². The summed E-state index contributed by atoms with van der Waals surface area (Å²) in [5.74, 6) is -0.404. The molecule has 1 aromatic rings. The number of piperidine rings is 1. The van der Waals surface area contributed by atoms with Gasteiger partial charge < -0.3 is 20.1 Å². The molecule has 9 heteroatoms. The molecule has 2 aliphatic heterocycles. The second-order valence-electron chi connectivity index (χ2n) is 7.64. The number of primary amides is 1. The summed E-state index contributed by atoms with van der Waals surface area (Å²) in [7, 11) is 0. The SMILES string of the molecule is NC(=O)O[C@H]1CCCC[C@@H]1Oc1ccc2c(c1)CN(C1CCC(=O)NC1=O)C2=O. The van der Waals surface area contributed by atoms with Crippen molar-refractivity contribution in [2.45, 2.75) is 63.3 Å². The largest absolute Gasteiger partial charge is 0.487 e. The molecule has 1 aromatic carbocycles. The van der Waals surface area contributed by atoms with Gasteiger partial charge in [0.2, 0.25) is 11.8 Å². The maximum Gasteiger partial charge on any atom is 0.404 e. The van der Waals surface area contributed by atoms with E-state index in [1.165, 1.54) is 4.90 Å². The van der Waals surface area contributed by atoms with E-state index in [1.807, 2.05) is 0 Å². The molecule has 0 aromatic heterocycles. The maximum absolute atomic E-state index is 12.7. The normalized spacial score (nSPS) is 26.7. The Bertz CT molecular complexity index is 870. The van der Waals surface area contributed by atoms with Crippen molar-refractivity contribution in [3.8, 4) is 5.75 Å². The highest BCUT2D eigenvalue weighted by molar-refractivity contribution is 6.05. The topological polar surface area (TPSA) is 128 Å². The Morgan fingerprint density at radius 3 is 2.59 bits per heavy atom. The van der Waals surface area contributed by atoms with E-state index in [0.717, 1.165) is 24.8 Å². The lowest BCUT2D eigenvalue weighted by Gasteiger charge is -2.31. The van der Waals surface area contributed by atoms with E-state index < -0.39 is 24.1 Å². The number of nitrogens with two attached hydrogens (primary N) is 1. The molecule has 3 N–H and O–H groups in total. The molecule has 0 radical (unpaired) electrons. The van der Waals surface area contributed by atoms with Gasteiger partial charge >= 0.3 is 6.09 Å². The first-order chi connectivity index (χ1) is 13.9. The third-order valence-electron chi connectivity index (χ3n) is 5.69. The summed E-state index contributed by atoms with van der Waals surface area (Å²) < 4.78 is 11.2. The van der Waals surface area contributed by atoms with E-state index in [0.29, 0.717) is 24.2 Å². The van der Waals surface area contributed by atoms with Gasteiger partial charge in [-0.3, -0.25) is 19.7 Å². The monoisotopic (exact) mass is 401 g/mol. The number of carbonyl (C=O) groups is 4. The van der Waals surface area contributed by atoms with Crippen LogP contribution in [0.4, 0.5) is 4.79 Å². The fourth-order valence-corrected chi connectivity index (χ4v) is 4.28. The first-order valence-corrected chi connectivity index (χ1v) is 9.82. The minimum atomic E-state index is -0.815. The molecule has 0 bridgehead atoms. The lowest BCUT2D eigenvalue weighted by atomic mass is 9.94. The molecule has 29 heavy (non-hydrogen) atoms. The first-order valence-electron chi connectivity index (χ1n) is 9.82. The van der Waals surface area contributed by atoms with Gasteiger partial charge in [0.15, 0.2) is 0 Å². The Hall–Kier alpha value is -3.10. The number of imide groups is 1. The molecule has 1 aliphatic carbocycles. The number of hydrogen-bond acceptors (Lipinski definition) is 6. The number of amides is 4. The molecule has 1 saturated heterocycles. The van der Waals surface area contributed by atoms with Gasteiger partial charge in [-0.05, 0) is 55.9 Å². The van der Waals surface area contributed by atoms with Crippen LogP contribution in [0, 0.1) is 0 Å². The van der Waals surface area contributed by atoms with Crippen molar-refractivity contribution in [2.75, 3.05) is 0 Å². The number of nitrogens with zero attached hydrogens (tertiary/aromatic N) is 1. The van der Waals surface area contributed by atoms with Gasteiger partial charge in [0.05, 0.1) is 0 Å². The Balaban J connectivity index is 1.48. The summed E-state index contributed by atoms with van der Waals surface area (Å²) in [6.07, 6.45) is 2.39. The Labute approximate surface area is 167 Å². The summed E-state index contributed by atoms with van der Waals surface area (Å²) >= 11 is 0. The van der Waals surface area contributed by atoms with Crippen LogP contribution in [0.3, 0.4) is 0 Å². The van der Waals surface area contributed by atoms with Crippen molar-refractivity contribution in [2.24, 2.45) is 5.73 Å². The van der Waals surface area contributed by atoms with Gasteiger partial charge in [0, 0.05) is 18.5 Å². The number of rotatable bonds is 4. The number of nitrogens with one attached hydrogen (secondary N) is 1. The van der Waals surface area contributed by atoms with E-state index in [9.17, 15) is 19.2 Å². The quantitative estimate of drug-likeness (QED) is 0.731. The fourth-order valence-electron chi connectivity index (χ4n) is 4.28. The van der Waals surface area contributed by atoms with Crippen molar-refractivity contribution < 1.29 is 28.7 Å². The van der Waals surface area contributed by atoms with E-state index in [1.54, 1.807) is 18.2 Å². The Morgan fingerprint density at radius 1 is 1.10 bits per heavy atom. The van der Waals surface area contributed by atoms with Crippen LogP contribution in [0.1, 0.15) is 54.4 Å². The van der Waals surface area contributed by atoms with Gasteiger partial charge in [0.1, 0.15) is 24.0 Å². The summed E-state index contributed by atoms with van der Waals surface area (Å²) in [6, 6.07) is 4.53. The fraction of sp³-hybridized carbons (Fsp3) is 0.500. The lowest BCUT2D eigenvalue weighted by Crippen LogP contribution is -2.52. The standard InChI is InChI=1S/C20H23N3O6/c21-20(27)29-16-4-2-1-3-15(16)28-12-5-6-13-11(9-12)10-23(19(13)26)14-7-8-17(24)22-18(14)25/h5-6,9,14-16H,1-4,7-8,10H2,(H2,21,27)(H,22,24,25)/t14?,15-,16-/m0/s1. The highest BCUT2D eigenvalue weighted by atomic mass is 16.6. The maximum atomic E-state index is 12.7. The van der Waals surface area contributed by atoms with Crippen LogP contribution in [0.2, 0.25) is 0 Å². The average Bonchev–Trinajstić information content (AvgIpc) is 2.99. The zero-order valence-corrected chi connectivity index (χ0v) is 15.9. The molecule has 0 spiro atoms. The van der Waals surface area contributed by atoms with Crippen LogP contribution >= 0.6 is 0 Å². The molecule has 2 heterocycles. The lowest BCUT2D eigenvalue weighted by molar-refractivity contribution is -0.136. The molecule has 3 atom stereocenters. The molecule has 154 valence electrons. The van der Waals surface area contributed by atoms with E-state index >= 15 is 0 Å². The highest BCUT2D eigenvalue weighted by Gasteiger charge is 2.39. The van der Waals surface area contributed by atoms with Crippen LogP contribution < -0.4 is 15.8 Å². The molecule has 2 fully saturated rings. The van der Waals surface area contributed by atoms with Crippen LogP contribution in [-0.4, -0.2) is 47.0 Å². The van der Waals surface area contributed by atoms with Crippen molar-refractivity contribution in [1.82, 2.24) is 10.2 Å². The summed E-state index contributed by atoms with van der Waals surface area (Å²) in [5.41, 5.74) is 6.45. The summed E-state index contributed by atoms with van der Waals surface area (Å²) in [4.78, 5) is 48.9.